The molecular weight excluding hydrogens is 430 g/mol. The number of amides is 1. The number of carbonyl (C=O) groups excluding carboxylic acids is 2. The Kier molecular flexibility index (Phi) is 5.65. The van der Waals surface area contributed by atoms with E-state index in [1.807, 2.05) is 68.5 Å². The lowest BCUT2D eigenvalue weighted by Gasteiger charge is -2.25. The molecule has 5 rings (SSSR count). The van der Waals surface area contributed by atoms with Gasteiger partial charge in [0, 0.05) is 41.2 Å². The molecule has 1 fully saturated rings. The molecule has 34 heavy (non-hydrogen) atoms. The molecule has 0 radical (unpaired) electrons. The third-order valence-electron chi connectivity index (χ3n) is 6.63. The maximum Gasteiger partial charge on any atom is 0.295 e. The van der Waals surface area contributed by atoms with Crippen molar-refractivity contribution in [3.63, 3.8) is 0 Å². The smallest absolute Gasteiger partial charge is 0.295 e. The summed E-state index contributed by atoms with van der Waals surface area (Å²) in [6, 6.07) is 12.6. The lowest BCUT2D eigenvalue weighted by Crippen LogP contribution is -2.32. The first-order chi connectivity index (χ1) is 16.3. The summed E-state index contributed by atoms with van der Waals surface area (Å²) in [6.07, 6.45) is 3.36. The van der Waals surface area contributed by atoms with Gasteiger partial charge in [-0.15, -0.1) is 0 Å². The van der Waals surface area contributed by atoms with E-state index in [4.69, 9.17) is 4.74 Å². The lowest BCUT2D eigenvalue weighted by atomic mass is 9.94. The Hall–Kier alpha value is -3.58. The Balaban J connectivity index is 1.63. The SMILES string of the molecule is CC1Cc2cc(/C(O)=C3\C(=O)C(=O)N(CCCN(C)C)C3c3c[nH]c4ccccc34)ccc2O1. The molecule has 2 unspecified atom stereocenters. The van der Waals surface area contributed by atoms with Crippen molar-refractivity contribution >= 4 is 28.4 Å². The van der Waals surface area contributed by atoms with Crippen molar-refractivity contribution in [2.75, 3.05) is 27.2 Å². The van der Waals surface area contributed by atoms with E-state index in [1.54, 1.807) is 11.0 Å². The zero-order chi connectivity index (χ0) is 24.0. The van der Waals surface area contributed by atoms with Gasteiger partial charge in [0.25, 0.3) is 11.7 Å². The van der Waals surface area contributed by atoms with Gasteiger partial charge in [0.15, 0.2) is 0 Å². The number of ether oxygens (including phenoxy) is 1. The van der Waals surface area contributed by atoms with E-state index in [1.165, 1.54) is 0 Å². The van der Waals surface area contributed by atoms with Crippen LogP contribution in [0, 0.1) is 0 Å². The number of para-hydroxylation sites is 1. The van der Waals surface area contributed by atoms with Crippen LogP contribution in [-0.2, 0) is 16.0 Å². The zero-order valence-corrected chi connectivity index (χ0v) is 19.7. The fourth-order valence-corrected chi connectivity index (χ4v) is 5.04. The Morgan fingerprint density at radius 2 is 2.00 bits per heavy atom. The van der Waals surface area contributed by atoms with E-state index in [2.05, 4.69) is 4.98 Å². The van der Waals surface area contributed by atoms with Crippen LogP contribution >= 0.6 is 0 Å². The van der Waals surface area contributed by atoms with Gasteiger partial charge in [0.2, 0.25) is 0 Å². The number of hydrogen-bond acceptors (Lipinski definition) is 5. The van der Waals surface area contributed by atoms with Gasteiger partial charge in [0.05, 0.1) is 11.6 Å². The first-order valence-electron chi connectivity index (χ1n) is 11.6. The van der Waals surface area contributed by atoms with Gasteiger partial charge in [-0.3, -0.25) is 9.59 Å². The van der Waals surface area contributed by atoms with E-state index in [9.17, 15) is 14.7 Å². The number of hydrogen-bond donors (Lipinski definition) is 2. The van der Waals surface area contributed by atoms with Crippen LogP contribution in [0.15, 0.2) is 54.2 Å². The molecule has 7 heteroatoms. The summed E-state index contributed by atoms with van der Waals surface area (Å²) in [6.45, 7) is 3.20. The summed E-state index contributed by atoms with van der Waals surface area (Å²) in [4.78, 5) is 33.4. The molecule has 1 saturated heterocycles. The van der Waals surface area contributed by atoms with Crippen LogP contribution in [0.2, 0.25) is 0 Å². The number of nitrogens with zero attached hydrogens (tertiary/aromatic N) is 2. The predicted molar refractivity (Wildman–Crippen MR) is 131 cm³/mol. The van der Waals surface area contributed by atoms with E-state index in [-0.39, 0.29) is 17.4 Å². The van der Waals surface area contributed by atoms with Gasteiger partial charge in [0.1, 0.15) is 17.6 Å². The number of nitrogens with one attached hydrogen (secondary N) is 1. The number of aromatic nitrogens is 1. The van der Waals surface area contributed by atoms with Crippen LogP contribution in [-0.4, -0.2) is 64.9 Å². The molecule has 1 aromatic heterocycles. The second kappa shape index (κ2) is 8.65. The number of fused-ring (bicyclic) bond motifs is 2. The number of aliphatic hydroxyl groups is 1. The van der Waals surface area contributed by atoms with E-state index in [0.29, 0.717) is 18.5 Å². The molecule has 3 heterocycles. The van der Waals surface area contributed by atoms with Crippen molar-refractivity contribution in [3.05, 3.63) is 70.9 Å². The van der Waals surface area contributed by atoms with Crippen LogP contribution in [0.4, 0.5) is 0 Å². The summed E-state index contributed by atoms with van der Waals surface area (Å²) in [5, 5.41) is 12.3. The second-order valence-corrected chi connectivity index (χ2v) is 9.39. The maximum atomic E-state index is 13.3. The molecule has 3 aromatic rings. The van der Waals surface area contributed by atoms with Gasteiger partial charge >= 0.3 is 0 Å². The first kappa shape index (κ1) is 22.2. The maximum absolute atomic E-state index is 13.3. The van der Waals surface area contributed by atoms with Crippen molar-refractivity contribution in [1.29, 1.82) is 0 Å². The Labute approximate surface area is 198 Å². The highest BCUT2D eigenvalue weighted by atomic mass is 16.5. The van der Waals surface area contributed by atoms with Crippen molar-refractivity contribution in [2.24, 2.45) is 0 Å². The number of benzene rings is 2. The Bertz CT molecular complexity index is 1310. The van der Waals surface area contributed by atoms with E-state index < -0.39 is 17.7 Å². The quantitative estimate of drug-likeness (QED) is 0.332. The minimum atomic E-state index is -0.665. The highest BCUT2D eigenvalue weighted by Crippen LogP contribution is 2.42. The second-order valence-electron chi connectivity index (χ2n) is 9.39. The molecule has 2 aliphatic heterocycles. The zero-order valence-electron chi connectivity index (χ0n) is 19.7. The number of Topliss-reactive ketones (excluding diaryl/α,β-unsaturated/α-hetero) is 1. The molecule has 2 aromatic carbocycles. The molecule has 0 aliphatic carbocycles. The van der Waals surface area contributed by atoms with Gasteiger partial charge in [-0.25, -0.2) is 0 Å². The van der Waals surface area contributed by atoms with Gasteiger partial charge in [-0.1, -0.05) is 18.2 Å². The molecule has 7 nitrogen and oxygen atoms in total. The normalized spacial score (nSPS) is 21.5. The Morgan fingerprint density at radius 1 is 1.21 bits per heavy atom. The van der Waals surface area contributed by atoms with Crippen molar-refractivity contribution in [2.45, 2.75) is 31.9 Å². The molecular formula is C27H29N3O4. The molecule has 0 spiro atoms. The number of likely N-dealkylation sites (tertiary alicyclic amines) is 1. The molecule has 2 atom stereocenters. The van der Waals surface area contributed by atoms with Crippen LogP contribution in [0.1, 0.15) is 36.1 Å². The highest BCUT2D eigenvalue weighted by Gasteiger charge is 2.46. The minimum absolute atomic E-state index is 0.0703. The molecule has 1 amide bonds. The molecule has 176 valence electrons. The van der Waals surface area contributed by atoms with Crippen molar-refractivity contribution in [3.8, 4) is 5.75 Å². The van der Waals surface area contributed by atoms with E-state index >= 15 is 0 Å². The lowest BCUT2D eigenvalue weighted by molar-refractivity contribution is -0.139. The topological polar surface area (TPSA) is 85.9 Å². The fourth-order valence-electron chi connectivity index (χ4n) is 5.04. The summed E-state index contributed by atoms with van der Waals surface area (Å²) in [5.74, 6) is -0.580. The number of rotatable bonds is 6. The minimum Gasteiger partial charge on any atom is -0.507 e. The van der Waals surface area contributed by atoms with Gasteiger partial charge in [-0.2, -0.15) is 0 Å². The number of aliphatic hydroxyl groups excluding tert-OH is 1. The molecule has 2 N–H and O–H groups in total. The molecule has 2 aliphatic rings. The third kappa shape index (κ3) is 3.76. The summed E-state index contributed by atoms with van der Waals surface area (Å²) in [5.41, 5.74) is 3.36. The molecule has 0 saturated carbocycles. The third-order valence-corrected chi connectivity index (χ3v) is 6.63. The van der Waals surface area contributed by atoms with Gasteiger partial charge < -0.3 is 24.6 Å². The Morgan fingerprint density at radius 3 is 2.79 bits per heavy atom. The van der Waals surface area contributed by atoms with Crippen LogP contribution < -0.4 is 4.74 Å². The highest BCUT2D eigenvalue weighted by molar-refractivity contribution is 6.46. The standard InChI is InChI=1S/C27H29N3O4/c1-16-13-18-14-17(9-10-22(18)34-16)25(31)23-24(20-15-28-21-8-5-4-7-19(20)21)30(27(33)26(23)32)12-6-11-29(2)3/h4-5,7-10,14-16,24,28,31H,6,11-13H2,1-3H3/b25-23+. The largest absolute Gasteiger partial charge is 0.507 e. The van der Waals surface area contributed by atoms with Crippen molar-refractivity contribution in [1.82, 2.24) is 14.8 Å². The van der Waals surface area contributed by atoms with Crippen molar-refractivity contribution < 1.29 is 19.4 Å². The number of ketones is 1. The number of aromatic amines is 1. The first-order valence-corrected chi connectivity index (χ1v) is 11.6. The van der Waals surface area contributed by atoms with Crippen LogP contribution in [0.5, 0.6) is 5.75 Å². The summed E-state index contributed by atoms with van der Waals surface area (Å²) >= 11 is 0. The monoisotopic (exact) mass is 459 g/mol. The summed E-state index contributed by atoms with van der Waals surface area (Å²) < 4.78 is 5.78. The average molecular weight is 460 g/mol. The summed E-state index contributed by atoms with van der Waals surface area (Å²) in [7, 11) is 3.95. The molecule has 0 bridgehead atoms. The number of carbonyl (C=O) groups is 2. The predicted octanol–water partition coefficient (Wildman–Crippen LogP) is 3.86. The average Bonchev–Trinajstić information content (AvgIpc) is 3.47. The van der Waals surface area contributed by atoms with Crippen LogP contribution in [0.25, 0.3) is 16.7 Å². The van der Waals surface area contributed by atoms with Crippen LogP contribution in [0.3, 0.4) is 0 Å². The number of H-pyrrole nitrogens is 1. The van der Waals surface area contributed by atoms with Gasteiger partial charge in [-0.05, 0) is 63.8 Å². The van der Waals surface area contributed by atoms with E-state index in [0.717, 1.165) is 40.7 Å². The fraction of sp³-hybridized carbons (Fsp3) is 0.333.